The quantitative estimate of drug-likeness (QED) is 0.767. The van der Waals surface area contributed by atoms with Crippen LogP contribution in [0, 0.1) is 0 Å². The summed E-state index contributed by atoms with van der Waals surface area (Å²) in [5.74, 6) is 0. The van der Waals surface area contributed by atoms with Crippen molar-refractivity contribution in [1.82, 2.24) is 5.32 Å². The molecule has 0 aromatic carbocycles. The Morgan fingerprint density at radius 3 is 2.69 bits per heavy atom. The van der Waals surface area contributed by atoms with E-state index < -0.39 is 0 Å². The summed E-state index contributed by atoms with van der Waals surface area (Å²) in [6.45, 7) is 6.64. The van der Waals surface area contributed by atoms with Crippen molar-refractivity contribution in [3.05, 3.63) is 22.4 Å². The summed E-state index contributed by atoms with van der Waals surface area (Å²) in [5.41, 5.74) is -0.153. The van der Waals surface area contributed by atoms with Crippen LogP contribution in [-0.4, -0.2) is 17.3 Å². The molecular weight excluding hydrogens is 218 g/mol. The van der Waals surface area contributed by atoms with Gasteiger partial charge in [0.25, 0.3) is 0 Å². The van der Waals surface area contributed by atoms with Gasteiger partial charge in [-0.1, -0.05) is 26.3 Å². The van der Waals surface area contributed by atoms with Gasteiger partial charge in [-0.2, -0.15) is 0 Å². The largest absolute Gasteiger partial charge is 0.394 e. The summed E-state index contributed by atoms with van der Waals surface area (Å²) < 4.78 is 0. The second-order valence-corrected chi connectivity index (χ2v) is 5.57. The number of aliphatic hydroxyl groups is 1. The van der Waals surface area contributed by atoms with Crippen molar-refractivity contribution in [2.75, 3.05) is 6.61 Å². The third-order valence-corrected chi connectivity index (χ3v) is 3.95. The fraction of sp³-hybridized carbons (Fsp3) is 0.692. The lowest BCUT2D eigenvalue weighted by atomic mass is 9.95. The molecule has 1 rings (SSSR count). The van der Waals surface area contributed by atoms with Crippen molar-refractivity contribution in [1.29, 1.82) is 0 Å². The van der Waals surface area contributed by atoms with Gasteiger partial charge in [-0.15, -0.1) is 11.3 Å². The van der Waals surface area contributed by atoms with Gasteiger partial charge in [-0.25, -0.2) is 0 Å². The molecule has 2 atom stereocenters. The first kappa shape index (κ1) is 13.7. The van der Waals surface area contributed by atoms with Crippen molar-refractivity contribution >= 4 is 11.3 Å². The van der Waals surface area contributed by atoms with E-state index in [-0.39, 0.29) is 12.1 Å². The van der Waals surface area contributed by atoms with Crippen LogP contribution in [0.2, 0.25) is 0 Å². The molecule has 3 heteroatoms. The average Bonchev–Trinajstić information content (AvgIpc) is 2.80. The minimum absolute atomic E-state index is 0.153. The Morgan fingerprint density at radius 1 is 1.50 bits per heavy atom. The lowest BCUT2D eigenvalue weighted by Crippen LogP contribution is -2.47. The molecule has 1 aromatic rings. The number of nitrogens with one attached hydrogen (secondary N) is 1. The smallest absolute Gasteiger partial charge is 0.0610 e. The van der Waals surface area contributed by atoms with Crippen LogP contribution in [0.15, 0.2) is 17.5 Å². The molecule has 0 aliphatic heterocycles. The van der Waals surface area contributed by atoms with Crippen LogP contribution in [-0.2, 0) is 0 Å². The van der Waals surface area contributed by atoms with E-state index in [0.717, 1.165) is 19.3 Å². The highest BCUT2D eigenvalue weighted by Gasteiger charge is 2.25. The summed E-state index contributed by atoms with van der Waals surface area (Å²) in [7, 11) is 0. The van der Waals surface area contributed by atoms with Crippen LogP contribution in [0.25, 0.3) is 0 Å². The van der Waals surface area contributed by atoms with E-state index in [1.807, 2.05) is 0 Å². The molecule has 0 spiro atoms. The van der Waals surface area contributed by atoms with Crippen molar-refractivity contribution < 1.29 is 5.11 Å². The SMILES string of the molecule is CCCC(C)(CO)NC(CC)c1cccs1. The zero-order valence-electron chi connectivity index (χ0n) is 10.5. The number of thiophene rings is 1. The third kappa shape index (κ3) is 3.58. The fourth-order valence-corrected chi connectivity index (χ4v) is 2.89. The normalized spacial score (nSPS) is 17.0. The summed E-state index contributed by atoms with van der Waals surface area (Å²) in [6.07, 6.45) is 3.15. The monoisotopic (exact) mass is 241 g/mol. The van der Waals surface area contributed by atoms with Crippen LogP contribution in [0.5, 0.6) is 0 Å². The summed E-state index contributed by atoms with van der Waals surface area (Å²) in [5, 5.41) is 15.2. The molecule has 1 aromatic heterocycles. The molecular formula is C13H23NOS. The molecule has 2 nitrogen and oxygen atoms in total. The standard InChI is InChI=1S/C13H23NOS/c1-4-8-13(3,10-15)14-11(5-2)12-7-6-9-16-12/h6-7,9,11,14-15H,4-5,8,10H2,1-3H3. The molecule has 1 heterocycles. The topological polar surface area (TPSA) is 32.3 Å². The van der Waals surface area contributed by atoms with Gasteiger partial charge in [0.15, 0.2) is 0 Å². The zero-order valence-corrected chi connectivity index (χ0v) is 11.3. The average molecular weight is 241 g/mol. The minimum Gasteiger partial charge on any atom is -0.394 e. The second kappa shape index (κ2) is 6.38. The van der Waals surface area contributed by atoms with Crippen molar-refractivity contribution in [3.8, 4) is 0 Å². The molecule has 0 radical (unpaired) electrons. The zero-order chi connectivity index (χ0) is 12.0. The lowest BCUT2D eigenvalue weighted by molar-refractivity contribution is 0.151. The maximum atomic E-state index is 9.50. The second-order valence-electron chi connectivity index (χ2n) is 4.59. The molecule has 0 saturated heterocycles. The Kier molecular flexibility index (Phi) is 5.46. The first-order valence-corrected chi connectivity index (χ1v) is 6.95. The Bertz CT molecular complexity index is 286. The number of hydrogen-bond acceptors (Lipinski definition) is 3. The minimum atomic E-state index is -0.153. The highest BCUT2D eigenvalue weighted by Crippen LogP contribution is 2.25. The number of rotatable bonds is 7. The highest BCUT2D eigenvalue weighted by molar-refractivity contribution is 7.10. The van der Waals surface area contributed by atoms with Gasteiger partial charge in [0.2, 0.25) is 0 Å². The van der Waals surface area contributed by atoms with Gasteiger partial charge < -0.3 is 10.4 Å². The van der Waals surface area contributed by atoms with Crippen LogP contribution >= 0.6 is 11.3 Å². The van der Waals surface area contributed by atoms with E-state index in [0.29, 0.717) is 6.04 Å². The van der Waals surface area contributed by atoms with Gasteiger partial charge in [0.05, 0.1) is 6.61 Å². The van der Waals surface area contributed by atoms with Crippen LogP contribution in [0.4, 0.5) is 0 Å². The van der Waals surface area contributed by atoms with Gasteiger partial charge in [-0.3, -0.25) is 0 Å². The van der Waals surface area contributed by atoms with Gasteiger partial charge in [0, 0.05) is 16.5 Å². The van der Waals surface area contributed by atoms with Crippen molar-refractivity contribution in [3.63, 3.8) is 0 Å². The molecule has 16 heavy (non-hydrogen) atoms. The number of aliphatic hydroxyl groups excluding tert-OH is 1. The molecule has 0 bridgehead atoms. The molecule has 0 aliphatic carbocycles. The van der Waals surface area contributed by atoms with E-state index in [2.05, 4.69) is 43.6 Å². The Hall–Kier alpha value is -0.380. The van der Waals surface area contributed by atoms with Gasteiger partial charge >= 0.3 is 0 Å². The first-order chi connectivity index (χ1) is 7.65. The van der Waals surface area contributed by atoms with Crippen LogP contribution < -0.4 is 5.32 Å². The first-order valence-electron chi connectivity index (χ1n) is 6.07. The predicted octanol–water partition coefficient (Wildman–Crippen LogP) is 3.34. The Balaban J connectivity index is 2.68. The van der Waals surface area contributed by atoms with Gasteiger partial charge in [-0.05, 0) is 31.2 Å². The van der Waals surface area contributed by atoms with E-state index in [1.165, 1.54) is 4.88 Å². The molecule has 0 aliphatic rings. The summed E-state index contributed by atoms with van der Waals surface area (Å²) in [4.78, 5) is 1.36. The van der Waals surface area contributed by atoms with Crippen molar-refractivity contribution in [2.24, 2.45) is 0 Å². The lowest BCUT2D eigenvalue weighted by Gasteiger charge is -2.33. The van der Waals surface area contributed by atoms with Crippen LogP contribution in [0.3, 0.4) is 0 Å². The van der Waals surface area contributed by atoms with E-state index in [9.17, 15) is 5.11 Å². The van der Waals surface area contributed by atoms with Gasteiger partial charge in [0.1, 0.15) is 0 Å². The van der Waals surface area contributed by atoms with E-state index in [1.54, 1.807) is 11.3 Å². The molecule has 0 saturated carbocycles. The fourth-order valence-electron chi connectivity index (χ4n) is 2.03. The molecule has 0 amide bonds. The maximum Gasteiger partial charge on any atom is 0.0610 e. The summed E-state index contributed by atoms with van der Waals surface area (Å²) >= 11 is 1.78. The van der Waals surface area contributed by atoms with Crippen LogP contribution in [0.1, 0.15) is 51.0 Å². The Labute approximate surface area is 103 Å². The molecule has 2 unspecified atom stereocenters. The maximum absolute atomic E-state index is 9.50. The molecule has 2 N–H and O–H groups in total. The molecule has 0 fully saturated rings. The summed E-state index contributed by atoms with van der Waals surface area (Å²) in [6, 6.07) is 4.61. The Morgan fingerprint density at radius 2 is 2.25 bits per heavy atom. The van der Waals surface area contributed by atoms with E-state index >= 15 is 0 Å². The molecule has 92 valence electrons. The number of hydrogen-bond donors (Lipinski definition) is 2. The van der Waals surface area contributed by atoms with Crippen molar-refractivity contribution in [2.45, 2.75) is 51.6 Å². The van der Waals surface area contributed by atoms with E-state index in [4.69, 9.17) is 0 Å². The predicted molar refractivity (Wildman–Crippen MR) is 70.9 cm³/mol. The third-order valence-electron chi connectivity index (χ3n) is 2.97. The highest BCUT2D eigenvalue weighted by atomic mass is 32.1.